The van der Waals surface area contributed by atoms with Crippen LogP contribution in [0.1, 0.15) is 34.1 Å². The monoisotopic (exact) mass is 188 g/mol. The fraction of sp³-hybridized carbons (Fsp3) is 1.00. The minimum Gasteiger partial charge on any atom is -0.417 e. The molecule has 0 bridgehead atoms. The number of hydrogen-bond acceptors (Lipinski definition) is 1. The van der Waals surface area contributed by atoms with Crippen molar-refractivity contribution in [3.05, 3.63) is 0 Å². The van der Waals surface area contributed by atoms with Crippen molar-refractivity contribution in [2.24, 2.45) is 5.92 Å². The fourth-order valence-corrected chi connectivity index (χ4v) is 3.05. The number of hydrogen-bond donors (Lipinski definition) is 0. The summed E-state index contributed by atoms with van der Waals surface area (Å²) < 4.78 is 5.98. The third kappa shape index (κ3) is 4.26. The lowest BCUT2D eigenvalue weighted by Crippen LogP contribution is -2.36. The van der Waals surface area contributed by atoms with Gasteiger partial charge in [-0.05, 0) is 24.6 Å². The van der Waals surface area contributed by atoms with E-state index in [9.17, 15) is 0 Å². The maximum atomic E-state index is 5.98. The third-order valence-corrected chi connectivity index (χ3v) is 6.28. The van der Waals surface area contributed by atoms with Gasteiger partial charge < -0.3 is 4.43 Å². The van der Waals surface area contributed by atoms with Crippen LogP contribution in [0, 0.1) is 5.92 Å². The molecule has 0 N–H and O–H groups in total. The Labute approximate surface area is 78.6 Å². The van der Waals surface area contributed by atoms with Crippen LogP contribution >= 0.6 is 0 Å². The lowest BCUT2D eigenvalue weighted by molar-refractivity contribution is 0.255. The molecule has 1 unspecified atom stereocenters. The average Bonchev–Trinajstić information content (AvgIpc) is 1.99. The van der Waals surface area contributed by atoms with Crippen molar-refractivity contribution in [2.75, 3.05) is 6.61 Å². The molecule has 0 spiro atoms. The second-order valence-corrected chi connectivity index (χ2v) is 9.10. The highest BCUT2D eigenvalue weighted by Crippen LogP contribution is 2.25. The summed E-state index contributed by atoms with van der Waals surface area (Å²) in [7, 11) is -1.37. The lowest BCUT2D eigenvalue weighted by atomic mass is 10.2. The second kappa shape index (κ2) is 5.03. The lowest BCUT2D eigenvalue weighted by Gasteiger charge is -2.29. The van der Waals surface area contributed by atoms with E-state index in [1.54, 1.807) is 0 Å². The Balaban J connectivity index is 3.86. The van der Waals surface area contributed by atoms with Gasteiger partial charge in [0.15, 0.2) is 8.32 Å². The molecule has 0 amide bonds. The maximum Gasteiger partial charge on any atom is 0.189 e. The van der Waals surface area contributed by atoms with Gasteiger partial charge in [0, 0.05) is 6.61 Å². The minimum absolute atomic E-state index is 0.667. The Hall–Kier alpha value is 0.177. The van der Waals surface area contributed by atoms with Gasteiger partial charge in [-0.25, -0.2) is 0 Å². The molecule has 2 heteroatoms. The summed E-state index contributed by atoms with van der Waals surface area (Å²) in [4.78, 5) is 0. The van der Waals surface area contributed by atoms with E-state index in [0.717, 1.165) is 12.1 Å². The summed E-state index contributed by atoms with van der Waals surface area (Å²) in [6.45, 7) is 14.6. The summed E-state index contributed by atoms with van der Waals surface area (Å²) >= 11 is 0. The van der Waals surface area contributed by atoms with Gasteiger partial charge in [-0.3, -0.25) is 0 Å². The number of rotatable bonds is 5. The topological polar surface area (TPSA) is 9.23 Å². The van der Waals surface area contributed by atoms with Crippen molar-refractivity contribution in [3.63, 3.8) is 0 Å². The van der Waals surface area contributed by atoms with E-state index in [1.165, 1.54) is 6.42 Å². The third-order valence-electron chi connectivity index (χ3n) is 2.59. The largest absolute Gasteiger partial charge is 0.417 e. The normalized spacial score (nSPS) is 15.2. The van der Waals surface area contributed by atoms with E-state index in [1.807, 2.05) is 0 Å². The zero-order valence-electron chi connectivity index (χ0n) is 9.48. The van der Waals surface area contributed by atoms with Crippen molar-refractivity contribution >= 4 is 8.32 Å². The molecular formula is C10H24OSi. The molecule has 0 fully saturated rings. The average molecular weight is 188 g/mol. The van der Waals surface area contributed by atoms with Crippen molar-refractivity contribution in [2.45, 2.75) is 52.8 Å². The van der Waals surface area contributed by atoms with Gasteiger partial charge in [0.2, 0.25) is 0 Å². The zero-order chi connectivity index (χ0) is 9.78. The quantitative estimate of drug-likeness (QED) is 0.598. The molecule has 0 aromatic carbocycles. The van der Waals surface area contributed by atoms with E-state index in [-0.39, 0.29) is 0 Å². The van der Waals surface area contributed by atoms with E-state index in [4.69, 9.17) is 4.43 Å². The fourth-order valence-electron chi connectivity index (χ4n) is 1.02. The molecule has 0 heterocycles. The molecule has 0 aliphatic rings. The maximum absolute atomic E-state index is 5.98. The first-order valence-corrected chi connectivity index (χ1v) is 8.02. The molecule has 1 atom stereocenters. The Morgan fingerprint density at radius 3 is 2.00 bits per heavy atom. The predicted octanol–water partition coefficient (Wildman–Crippen LogP) is 3.66. The summed E-state index contributed by atoms with van der Waals surface area (Å²) in [5.41, 5.74) is 0.774. The van der Waals surface area contributed by atoms with Crippen molar-refractivity contribution in [3.8, 4) is 0 Å². The Bertz CT molecular complexity index is 121. The molecule has 12 heavy (non-hydrogen) atoms. The molecular weight excluding hydrogens is 164 g/mol. The van der Waals surface area contributed by atoms with E-state index < -0.39 is 8.32 Å². The summed E-state index contributed by atoms with van der Waals surface area (Å²) in [6.07, 6.45) is 1.25. The van der Waals surface area contributed by atoms with Crippen LogP contribution in [0.2, 0.25) is 18.6 Å². The minimum atomic E-state index is -1.37. The molecule has 0 aliphatic heterocycles. The highest BCUT2D eigenvalue weighted by Gasteiger charge is 2.28. The molecule has 0 aromatic rings. The van der Waals surface area contributed by atoms with E-state index >= 15 is 0 Å². The van der Waals surface area contributed by atoms with Crippen molar-refractivity contribution in [1.82, 2.24) is 0 Å². The van der Waals surface area contributed by atoms with Crippen LogP contribution in [-0.4, -0.2) is 14.9 Å². The molecule has 1 nitrogen and oxygen atoms in total. The Kier molecular flexibility index (Phi) is 5.10. The van der Waals surface area contributed by atoms with Gasteiger partial charge in [-0.2, -0.15) is 0 Å². The highest BCUT2D eigenvalue weighted by atomic mass is 28.4. The van der Waals surface area contributed by atoms with Gasteiger partial charge in [-0.1, -0.05) is 34.1 Å². The zero-order valence-corrected chi connectivity index (χ0v) is 10.5. The molecule has 0 radical (unpaired) electrons. The molecule has 0 aliphatic carbocycles. The van der Waals surface area contributed by atoms with Crippen LogP contribution in [-0.2, 0) is 4.43 Å². The smallest absolute Gasteiger partial charge is 0.189 e. The van der Waals surface area contributed by atoms with Gasteiger partial charge >= 0.3 is 0 Å². The first kappa shape index (κ1) is 12.2. The van der Waals surface area contributed by atoms with Crippen LogP contribution in [0.15, 0.2) is 0 Å². The van der Waals surface area contributed by atoms with Gasteiger partial charge in [0.25, 0.3) is 0 Å². The van der Waals surface area contributed by atoms with Gasteiger partial charge in [0.05, 0.1) is 0 Å². The van der Waals surface area contributed by atoms with Crippen LogP contribution in [0.4, 0.5) is 0 Å². The first-order valence-electron chi connectivity index (χ1n) is 5.04. The molecule has 0 rings (SSSR count). The predicted molar refractivity (Wildman–Crippen MR) is 58.0 cm³/mol. The Morgan fingerprint density at radius 1 is 1.17 bits per heavy atom. The molecule has 0 aromatic heterocycles. The SMILES string of the molecule is CCC(C)[Si](C)(C)OCC(C)C. The first-order chi connectivity index (χ1) is 5.40. The van der Waals surface area contributed by atoms with Gasteiger partial charge in [-0.15, -0.1) is 0 Å². The van der Waals surface area contributed by atoms with Crippen molar-refractivity contribution < 1.29 is 4.43 Å². The Morgan fingerprint density at radius 2 is 1.67 bits per heavy atom. The highest BCUT2D eigenvalue weighted by molar-refractivity contribution is 6.72. The van der Waals surface area contributed by atoms with Crippen LogP contribution < -0.4 is 0 Å². The molecule has 0 saturated carbocycles. The van der Waals surface area contributed by atoms with E-state index in [0.29, 0.717) is 5.92 Å². The molecule has 74 valence electrons. The summed E-state index contributed by atoms with van der Waals surface area (Å²) in [5, 5.41) is 0. The van der Waals surface area contributed by atoms with Crippen LogP contribution in [0.5, 0.6) is 0 Å². The van der Waals surface area contributed by atoms with Gasteiger partial charge in [0.1, 0.15) is 0 Å². The summed E-state index contributed by atoms with van der Waals surface area (Å²) in [6, 6.07) is 0. The summed E-state index contributed by atoms with van der Waals surface area (Å²) in [5.74, 6) is 0.667. The van der Waals surface area contributed by atoms with E-state index in [2.05, 4.69) is 40.8 Å². The van der Waals surface area contributed by atoms with Crippen LogP contribution in [0.3, 0.4) is 0 Å². The van der Waals surface area contributed by atoms with Crippen molar-refractivity contribution in [1.29, 1.82) is 0 Å². The standard InChI is InChI=1S/C10H24OSi/c1-7-10(4)12(5,6)11-8-9(2)3/h9-10H,7-8H2,1-6H3. The second-order valence-electron chi connectivity index (χ2n) is 4.62. The molecule has 0 saturated heterocycles. The van der Waals surface area contributed by atoms with Crippen LogP contribution in [0.25, 0.3) is 0 Å².